The van der Waals surface area contributed by atoms with Crippen molar-refractivity contribution in [3.8, 4) is 0 Å². The third kappa shape index (κ3) is 7.67. The molecule has 1 fully saturated rings. The summed E-state index contributed by atoms with van der Waals surface area (Å²) in [6.45, 7) is 3.91. The predicted molar refractivity (Wildman–Crippen MR) is 108 cm³/mol. The first-order valence-corrected chi connectivity index (χ1v) is 10.9. The Labute approximate surface area is 170 Å². The van der Waals surface area contributed by atoms with Crippen molar-refractivity contribution >= 4 is 35.5 Å². The van der Waals surface area contributed by atoms with Crippen LogP contribution in [0.4, 0.5) is 0 Å². The Kier molecular flexibility index (Phi) is 10.3. The summed E-state index contributed by atoms with van der Waals surface area (Å²) in [4.78, 5) is 49.7. The van der Waals surface area contributed by atoms with Gasteiger partial charge in [-0.05, 0) is 43.6 Å². The number of carbonyl (C=O) groups excluding carboxylic acids is 3. The third-order valence-electron chi connectivity index (χ3n) is 4.55. The largest absolute Gasteiger partial charge is 0.480 e. The molecule has 0 aromatic heterocycles. The van der Waals surface area contributed by atoms with E-state index in [1.165, 1.54) is 4.90 Å². The molecule has 3 amide bonds. The summed E-state index contributed by atoms with van der Waals surface area (Å²) in [5.41, 5.74) is 5.76. The van der Waals surface area contributed by atoms with Crippen molar-refractivity contribution in [3.63, 3.8) is 0 Å². The van der Waals surface area contributed by atoms with Crippen molar-refractivity contribution in [2.75, 3.05) is 25.1 Å². The van der Waals surface area contributed by atoms with Crippen LogP contribution in [0.2, 0.25) is 0 Å². The Morgan fingerprint density at radius 3 is 2.54 bits per heavy atom. The molecule has 0 aromatic carbocycles. The minimum atomic E-state index is -1.04. The number of hydrogen-bond acceptors (Lipinski definition) is 6. The first-order chi connectivity index (χ1) is 13.2. The van der Waals surface area contributed by atoms with Crippen LogP contribution in [-0.2, 0) is 19.2 Å². The van der Waals surface area contributed by atoms with E-state index in [-0.39, 0.29) is 12.5 Å². The van der Waals surface area contributed by atoms with Gasteiger partial charge in [-0.2, -0.15) is 11.8 Å². The molecule has 1 heterocycles. The van der Waals surface area contributed by atoms with Crippen LogP contribution in [0.5, 0.6) is 0 Å². The van der Waals surface area contributed by atoms with Gasteiger partial charge in [0.1, 0.15) is 12.1 Å². The van der Waals surface area contributed by atoms with Crippen LogP contribution >= 0.6 is 11.8 Å². The molecular weight excluding hydrogens is 384 g/mol. The van der Waals surface area contributed by atoms with Crippen LogP contribution in [0.3, 0.4) is 0 Å². The van der Waals surface area contributed by atoms with Crippen LogP contribution in [0.1, 0.15) is 39.5 Å². The van der Waals surface area contributed by atoms with E-state index in [1.807, 2.05) is 20.1 Å². The summed E-state index contributed by atoms with van der Waals surface area (Å²) in [5, 5.41) is 14.4. The van der Waals surface area contributed by atoms with E-state index in [4.69, 9.17) is 5.73 Å². The maximum absolute atomic E-state index is 12.8. The maximum atomic E-state index is 12.8. The molecule has 0 aromatic rings. The Hall–Kier alpha value is -1.81. The van der Waals surface area contributed by atoms with Crippen LogP contribution in [0, 0.1) is 5.92 Å². The molecule has 3 atom stereocenters. The van der Waals surface area contributed by atoms with Gasteiger partial charge in [0.25, 0.3) is 0 Å². The fourth-order valence-electron chi connectivity index (χ4n) is 3.10. The highest BCUT2D eigenvalue weighted by Gasteiger charge is 2.37. The number of amides is 3. The number of hydrogen-bond donors (Lipinski definition) is 4. The van der Waals surface area contributed by atoms with Gasteiger partial charge in [-0.15, -0.1) is 0 Å². The number of aliphatic carboxylic acids is 1. The lowest BCUT2D eigenvalue weighted by atomic mass is 10.0. The van der Waals surface area contributed by atoms with Gasteiger partial charge in [0.2, 0.25) is 17.7 Å². The SMILES string of the molecule is CSCCC(N)C(=O)NCC(=O)NC(CC(C)C)C(=O)N1CCCC1C(=O)O. The molecule has 5 N–H and O–H groups in total. The molecule has 0 saturated carbocycles. The van der Waals surface area contributed by atoms with Crippen LogP contribution in [0.25, 0.3) is 0 Å². The number of rotatable bonds is 11. The van der Waals surface area contributed by atoms with Crippen molar-refractivity contribution in [2.24, 2.45) is 11.7 Å². The highest BCUT2D eigenvalue weighted by molar-refractivity contribution is 7.98. The number of carboxylic acids is 1. The summed E-state index contributed by atoms with van der Waals surface area (Å²) < 4.78 is 0. The van der Waals surface area contributed by atoms with E-state index in [9.17, 15) is 24.3 Å². The van der Waals surface area contributed by atoms with E-state index in [1.54, 1.807) is 11.8 Å². The molecule has 10 heteroatoms. The van der Waals surface area contributed by atoms with Crippen LogP contribution in [0.15, 0.2) is 0 Å². The second kappa shape index (κ2) is 11.9. The molecule has 0 aliphatic carbocycles. The topological polar surface area (TPSA) is 142 Å². The van der Waals surface area contributed by atoms with Gasteiger partial charge in [0.15, 0.2) is 0 Å². The van der Waals surface area contributed by atoms with Gasteiger partial charge in [-0.25, -0.2) is 4.79 Å². The molecular formula is C18H32N4O5S. The lowest BCUT2D eigenvalue weighted by molar-refractivity contribution is -0.149. The molecule has 0 radical (unpaired) electrons. The van der Waals surface area contributed by atoms with Crippen molar-refractivity contribution in [2.45, 2.75) is 57.7 Å². The zero-order chi connectivity index (χ0) is 21.3. The number of thioether (sulfide) groups is 1. The van der Waals surface area contributed by atoms with E-state index in [0.717, 1.165) is 5.75 Å². The minimum absolute atomic E-state index is 0.120. The lowest BCUT2D eigenvalue weighted by Gasteiger charge is -2.28. The van der Waals surface area contributed by atoms with Crippen molar-refractivity contribution < 1.29 is 24.3 Å². The number of carboxylic acid groups (broad SMARTS) is 1. The van der Waals surface area contributed by atoms with Gasteiger partial charge >= 0.3 is 5.97 Å². The summed E-state index contributed by atoms with van der Waals surface area (Å²) in [6, 6.07) is -2.36. The lowest BCUT2D eigenvalue weighted by Crippen LogP contribution is -2.54. The molecule has 0 bridgehead atoms. The summed E-state index contributed by atoms with van der Waals surface area (Å²) in [5.74, 6) is -1.49. The second-order valence-corrected chi connectivity index (χ2v) is 8.37. The Bertz CT molecular complexity index is 572. The average molecular weight is 417 g/mol. The molecule has 1 aliphatic heterocycles. The number of nitrogens with one attached hydrogen (secondary N) is 2. The quantitative estimate of drug-likeness (QED) is 0.365. The van der Waals surface area contributed by atoms with E-state index in [2.05, 4.69) is 10.6 Å². The van der Waals surface area contributed by atoms with Gasteiger partial charge in [0.05, 0.1) is 12.6 Å². The number of nitrogens with zero attached hydrogens (tertiary/aromatic N) is 1. The fourth-order valence-corrected chi connectivity index (χ4v) is 3.59. The Balaban J connectivity index is 2.65. The summed E-state index contributed by atoms with van der Waals surface area (Å²) in [6.07, 6.45) is 3.84. The molecule has 1 aliphatic rings. The van der Waals surface area contributed by atoms with Crippen LogP contribution < -0.4 is 16.4 Å². The van der Waals surface area contributed by atoms with Crippen molar-refractivity contribution in [1.82, 2.24) is 15.5 Å². The smallest absolute Gasteiger partial charge is 0.326 e. The fraction of sp³-hybridized carbons (Fsp3) is 0.778. The number of nitrogens with two attached hydrogens (primary N) is 1. The Morgan fingerprint density at radius 2 is 1.96 bits per heavy atom. The molecule has 1 saturated heterocycles. The Morgan fingerprint density at radius 1 is 1.29 bits per heavy atom. The van der Waals surface area contributed by atoms with Gasteiger partial charge in [0, 0.05) is 6.54 Å². The average Bonchev–Trinajstić information content (AvgIpc) is 3.12. The molecule has 0 spiro atoms. The van der Waals surface area contributed by atoms with E-state index >= 15 is 0 Å². The molecule has 3 unspecified atom stereocenters. The third-order valence-corrected chi connectivity index (χ3v) is 5.20. The summed E-state index contributed by atoms with van der Waals surface area (Å²) in [7, 11) is 0. The minimum Gasteiger partial charge on any atom is -0.480 e. The molecule has 160 valence electrons. The van der Waals surface area contributed by atoms with Gasteiger partial charge in [-0.1, -0.05) is 13.8 Å². The highest BCUT2D eigenvalue weighted by Crippen LogP contribution is 2.20. The predicted octanol–water partition coefficient (Wildman–Crippen LogP) is -0.210. The van der Waals surface area contributed by atoms with E-state index in [0.29, 0.717) is 32.2 Å². The number of carbonyl (C=O) groups is 4. The monoisotopic (exact) mass is 416 g/mol. The second-order valence-electron chi connectivity index (χ2n) is 7.38. The van der Waals surface area contributed by atoms with Crippen LogP contribution in [-0.4, -0.2) is 76.9 Å². The highest BCUT2D eigenvalue weighted by atomic mass is 32.2. The van der Waals surface area contributed by atoms with Gasteiger partial charge in [-0.3, -0.25) is 14.4 Å². The molecule has 1 rings (SSSR count). The normalized spacial score (nSPS) is 18.6. The first-order valence-electron chi connectivity index (χ1n) is 9.52. The van der Waals surface area contributed by atoms with Gasteiger partial charge < -0.3 is 26.4 Å². The standard InChI is InChI=1S/C18H32N4O5S/c1-11(2)9-13(17(25)22-7-4-5-14(22)18(26)27)21-15(23)10-20-16(24)12(19)6-8-28-3/h11-14H,4-10,19H2,1-3H3,(H,20,24)(H,21,23)(H,26,27). The van der Waals surface area contributed by atoms with Crippen molar-refractivity contribution in [3.05, 3.63) is 0 Å². The zero-order valence-electron chi connectivity index (χ0n) is 16.8. The number of likely N-dealkylation sites (tertiary alicyclic amines) is 1. The summed E-state index contributed by atoms with van der Waals surface area (Å²) >= 11 is 1.58. The first kappa shape index (κ1) is 24.2. The molecule has 28 heavy (non-hydrogen) atoms. The zero-order valence-corrected chi connectivity index (χ0v) is 17.6. The molecule has 9 nitrogen and oxygen atoms in total. The van der Waals surface area contributed by atoms with Crippen molar-refractivity contribution in [1.29, 1.82) is 0 Å². The maximum Gasteiger partial charge on any atom is 0.326 e. The van der Waals surface area contributed by atoms with E-state index < -0.39 is 41.8 Å².